The standard InChI is InChI=1S/C18H17N3O2/c1-12-9-16(14-7-8-20-10-15(14)17(12)19)21-18(22)23-11-13-5-3-2-4-6-13/h2-10H,11,19H2,1H3,(H,21,22). The molecule has 116 valence electrons. The Bertz CT molecular complexity index is 848. The predicted octanol–water partition coefficient (Wildman–Crippen LogP) is 3.87. The lowest BCUT2D eigenvalue weighted by atomic mass is 10.1. The predicted molar refractivity (Wildman–Crippen MR) is 91.1 cm³/mol. The van der Waals surface area contributed by atoms with Gasteiger partial charge in [-0.1, -0.05) is 30.3 Å². The number of nitrogens with zero attached hydrogens (tertiary/aromatic N) is 1. The number of carbonyl (C=O) groups is 1. The smallest absolute Gasteiger partial charge is 0.411 e. The zero-order valence-corrected chi connectivity index (χ0v) is 12.7. The number of nitrogens with one attached hydrogen (secondary N) is 1. The molecule has 0 unspecified atom stereocenters. The molecule has 1 heterocycles. The van der Waals surface area contributed by atoms with Crippen molar-refractivity contribution >= 4 is 28.2 Å². The van der Waals surface area contributed by atoms with E-state index in [1.165, 1.54) is 0 Å². The van der Waals surface area contributed by atoms with Crippen LogP contribution in [0.4, 0.5) is 16.2 Å². The summed E-state index contributed by atoms with van der Waals surface area (Å²) in [5.41, 5.74) is 9.21. The molecule has 0 spiro atoms. The number of ether oxygens (including phenoxy) is 1. The number of hydrogen-bond acceptors (Lipinski definition) is 4. The highest BCUT2D eigenvalue weighted by Gasteiger charge is 2.11. The normalized spacial score (nSPS) is 10.5. The molecule has 0 aliphatic carbocycles. The number of pyridine rings is 1. The van der Waals surface area contributed by atoms with Crippen LogP contribution in [-0.2, 0) is 11.3 Å². The van der Waals surface area contributed by atoms with Gasteiger partial charge in [-0.05, 0) is 30.2 Å². The van der Waals surface area contributed by atoms with Crippen LogP contribution in [-0.4, -0.2) is 11.1 Å². The van der Waals surface area contributed by atoms with Crippen molar-refractivity contribution in [2.75, 3.05) is 11.1 Å². The summed E-state index contributed by atoms with van der Waals surface area (Å²) < 4.78 is 5.25. The molecular weight excluding hydrogens is 290 g/mol. The average Bonchev–Trinajstić information content (AvgIpc) is 2.58. The number of nitrogen functional groups attached to an aromatic ring is 1. The third-order valence-corrected chi connectivity index (χ3v) is 3.64. The Kier molecular flexibility index (Phi) is 4.10. The van der Waals surface area contributed by atoms with Crippen LogP contribution >= 0.6 is 0 Å². The maximum absolute atomic E-state index is 12.0. The van der Waals surface area contributed by atoms with E-state index in [-0.39, 0.29) is 6.61 Å². The Morgan fingerprint density at radius 1 is 1.22 bits per heavy atom. The molecule has 1 amide bonds. The highest BCUT2D eigenvalue weighted by atomic mass is 16.5. The van der Waals surface area contributed by atoms with E-state index in [2.05, 4.69) is 10.3 Å². The van der Waals surface area contributed by atoms with Crippen LogP contribution in [0.15, 0.2) is 54.9 Å². The van der Waals surface area contributed by atoms with E-state index < -0.39 is 6.09 Å². The van der Waals surface area contributed by atoms with E-state index in [0.717, 1.165) is 21.9 Å². The van der Waals surface area contributed by atoms with Gasteiger partial charge in [-0.15, -0.1) is 0 Å². The summed E-state index contributed by atoms with van der Waals surface area (Å²) in [5, 5.41) is 4.42. The highest BCUT2D eigenvalue weighted by Crippen LogP contribution is 2.30. The minimum atomic E-state index is -0.504. The quantitative estimate of drug-likeness (QED) is 0.720. The van der Waals surface area contributed by atoms with Crippen molar-refractivity contribution in [2.45, 2.75) is 13.5 Å². The molecule has 0 fully saturated rings. The van der Waals surface area contributed by atoms with Crippen LogP contribution in [0.25, 0.3) is 10.8 Å². The van der Waals surface area contributed by atoms with E-state index in [1.54, 1.807) is 12.4 Å². The van der Waals surface area contributed by atoms with Crippen molar-refractivity contribution in [3.63, 3.8) is 0 Å². The maximum atomic E-state index is 12.0. The van der Waals surface area contributed by atoms with Gasteiger partial charge in [-0.25, -0.2) is 4.79 Å². The number of nitrogens with two attached hydrogens (primary N) is 1. The Hall–Kier alpha value is -3.08. The van der Waals surface area contributed by atoms with Crippen LogP contribution in [0, 0.1) is 6.92 Å². The number of rotatable bonds is 3. The summed E-state index contributed by atoms with van der Waals surface area (Å²) in [5.74, 6) is 0. The van der Waals surface area contributed by atoms with Crippen molar-refractivity contribution in [2.24, 2.45) is 0 Å². The third-order valence-electron chi connectivity index (χ3n) is 3.64. The fourth-order valence-corrected chi connectivity index (χ4v) is 2.40. The molecule has 0 saturated carbocycles. The Morgan fingerprint density at radius 3 is 2.78 bits per heavy atom. The number of hydrogen-bond donors (Lipinski definition) is 2. The van der Waals surface area contributed by atoms with Crippen molar-refractivity contribution in [1.29, 1.82) is 0 Å². The Balaban J connectivity index is 1.79. The summed E-state index contributed by atoms with van der Waals surface area (Å²) in [6.07, 6.45) is 2.85. The van der Waals surface area contributed by atoms with Crippen molar-refractivity contribution in [3.05, 3.63) is 66.0 Å². The third kappa shape index (κ3) is 3.23. The van der Waals surface area contributed by atoms with Gasteiger partial charge in [0.2, 0.25) is 0 Å². The lowest BCUT2D eigenvalue weighted by Gasteiger charge is -2.13. The van der Waals surface area contributed by atoms with Crippen LogP contribution < -0.4 is 11.1 Å². The maximum Gasteiger partial charge on any atom is 0.411 e. The van der Waals surface area contributed by atoms with Crippen LogP contribution in [0.1, 0.15) is 11.1 Å². The van der Waals surface area contributed by atoms with Crippen molar-refractivity contribution in [1.82, 2.24) is 4.98 Å². The molecule has 5 nitrogen and oxygen atoms in total. The van der Waals surface area contributed by atoms with Gasteiger partial charge in [0.15, 0.2) is 0 Å². The molecule has 0 radical (unpaired) electrons. The monoisotopic (exact) mass is 307 g/mol. The second-order valence-corrected chi connectivity index (χ2v) is 5.26. The first kappa shape index (κ1) is 14.8. The highest BCUT2D eigenvalue weighted by molar-refractivity contribution is 6.05. The minimum absolute atomic E-state index is 0.222. The fraction of sp³-hybridized carbons (Fsp3) is 0.111. The first-order valence-electron chi connectivity index (χ1n) is 7.25. The Morgan fingerprint density at radius 2 is 2.00 bits per heavy atom. The first-order valence-corrected chi connectivity index (χ1v) is 7.25. The van der Waals surface area contributed by atoms with Crippen LogP contribution in [0.5, 0.6) is 0 Å². The number of aryl methyl sites for hydroxylation is 1. The summed E-state index contributed by atoms with van der Waals surface area (Å²) in [7, 11) is 0. The minimum Gasteiger partial charge on any atom is -0.444 e. The molecule has 0 saturated heterocycles. The van der Waals surface area contributed by atoms with Gasteiger partial charge in [0.05, 0.1) is 5.69 Å². The number of carbonyl (C=O) groups excluding carboxylic acids is 1. The van der Waals surface area contributed by atoms with Gasteiger partial charge in [-0.3, -0.25) is 10.3 Å². The topological polar surface area (TPSA) is 77.2 Å². The average molecular weight is 307 g/mol. The zero-order valence-electron chi connectivity index (χ0n) is 12.7. The molecule has 3 N–H and O–H groups in total. The lowest BCUT2D eigenvalue weighted by Crippen LogP contribution is -2.14. The molecule has 3 rings (SSSR count). The van der Waals surface area contributed by atoms with Gasteiger partial charge >= 0.3 is 6.09 Å². The number of benzene rings is 2. The molecule has 3 aromatic rings. The number of amides is 1. The van der Waals surface area contributed by atoms with E-state index in [1.807, 2.05) is 49.4 Å². The van der Waals surface area contributed by atoms with E-state index in [4.69, 9.17) is 10.5 Å². The lowest BCUT2D eigenvalue weighted by molar-refractivity contribution is 0.155. The second kappa shape index (κ2) is 6.36. The Labute approximate surface area is 134 Å². The molecule has 2 aromatic carbocycles. The molecular formula is C18H17N3O2. The van der Waals surface area contributed by atoms with E-state index in [0.29, 0.717) is 11.4 Å². The zero-order chi connectivity index (χ0) is 16.2. The van der Waals surface area contributed by atoms with E-state index in [9.17, 15) is 4.79 Å². The molecule has 0 aliphatic heterocycles. The fourth-order valence-electron chi connectivity index (χ4n) is 2.40. The number of fused-ring (bicyclic) bond motifs is 1. The largest absolute Gasteiger partial charge is 0.444 e. The SMILES string of the molecule is Cc1cc(NC(=O)OCc2ccccc2)c2ccncc2c1N. The van der Waals surface area contributed by atoms with Gasteiger partial charge < -0.3 is 10.5 Å². The summed E-state index contributed by atoms with van der Waals surface area (Å²) >= 11 is 0. The van der Waals surface area contributed by atoms with Crippen molar-refractivity contribution < 1.29 is 9.53 Å². The molecule has 23 heavy (non-hydrogen) atoms. The molecule has 0 aliphatic rings. The molecule has 5 heteroatoms. The molecule has 0 atom stereocenters. The second-order valence-electron chi connectivity index (χ2n) is 5.26. The molecule has 0 bridgehead atoms. The van der Waals surface area contributed by atoms with Crippen LogP contribution in [0.2, 0.25) is 0 Å². The molecule has 1 aromatic heterocycles. The van der Waals surface area contributed by atoms with Gasteiger partial charge in [0, 0.05) is 28.9 Å². The van der Waals surface area contributed by atoms with Crippen LogP contribution in [0.3, 0.4) is 0 Å². The number of aromatic nitrogens is 1. The number of anilines is 2. The summed E-state index contributed by atoms with van der Waals surface area (Å²) in [4.78, 5) is 16.1. The van der Waals surface area contributed by atoms with Gasteiger partial charge in [-0.2, -0.15) is 0 Å². The van der Waals surface area contributed by atoms with Gasteiger partial charge in [0.25, 0.3) is 0 Å². The first-order chi connectivity index (χ1) is 11.1. The van der Waals surface area contributed by atoms with E-state index >= 15 is 0 Å². The van der Waals surface area contributed by atoms with Gasteiger partial charge in [0.1, 0.15) is 6.61 Å². The summed E-state index contributed by atoms with van der Waals surface area (Å²) in [6.45, 7) is 2.11. The van der Waals surface area contributed by atoms with Crippen molar-refractivity contribution in [3.8, 4) is 0 Å². The summed E-state index contributed by atoms with van der Waals surface area (Å²) in [6, 6.07) is 13.2.